The Kier molecular flexibility index (Phi) is 2.04. The van der Waals surface area contributed by atoms with Crippen LogP contribution >= 0.6 is 0 Å². The molecular formula is C9H14O4. The third kappa shape index (κ3) is 1.56. The summed E-state index contributed by atoms with van der Waals surface area (Å²) in [6, 6.07) is 0. The van der Waals surface area contributed by atoms with Crippen molar-refractivity contribution in [3.63, 3.8) is 0 Å². The molecule has 0 bridgehead atoms. The molecule has 74 valence electrons. The quantitative estimate of drug-likeness (QED) is 0.526. The van der Waals surface area contributed by atoms with E-state index in [1.807, 2.05) is 0 Å². The second-order valence-electron chi connectivity index (χ2n) is 3.95. The Morgan fingerprint density at radius 2 is 2.23 bits per heavy atom. The SMILES string of the molecule is CC1(C)O[C@H]2CCCO[C@H]2OC1=O. The van der Waals surface area contributed by atoms with Crippen molar-refractivity contribution in [1.82, 2.24) is 0 Å². The first-order valence-electron chi connectivity index (χ1n) is 4.60. The van der Waals surface area contributed by atoms with Gasteiger partial charge in [0.05, 0.1) is 6.61 Å². The molecule has 0 N–H and O–H groups in total. The molecule has 13 heavy (non-hydrogen) atoms. The molecule has 0 saturated carbocycles. The summed E-state index contributed by atoms with van der Waals surface area (Å²) >= 11 is 0. The predicted octanol–water partition coefficient (Wildman–Crippen LogP) is 0.843. The molecule has 4 heteroatoms. The Hall–Kier alpha value is -0.610. The zero-order chi connectivity index (χ0) is 9.47. The number of fused-ring (bicyclic) bond motifs is 1. The van der Waals surface area contributed by atoms with Crippen molar-refractivity contribution in [3.8, 4) is 0 Å². The smallest absolute Gasteiger partial charge is 0.340 e. The molecule has 0 aromatic carbocycles. The second-order valence-corrected chi connectivity index (χ2v) is 3.95. The van der Waals surface area contributed by atoms with Gasteiger partial charge in [-0.25, -0.2) is 4.79 Å². The molecule has 2 aliphatic heterocycles. The third-order valence-electron chi connectivity index (χ3n) is 2.38. The van der Waals surface area contributed by atoms with E-state index in [1.165, 1.54) is 0 Å². The monoisotopic (exact) mass is 186 g/mol. The van der Waals surface area contributed by atoms with Crippen LogP contribution in [-0.4, -0.2) is 30.6 Å². The molecule has 2 rings (SSSR count). The van der Waals surface area contributed by atoms with Crippen LogP contribution in [0.5, 0.6) is 0 Å². The average Bonchev–Trinajstić information content (AvgIpc) is 2.06. The number of rotatable bonds is 0. The predicted molar refractivity (Wildman–Crippen MR) is 44.0 cm³/mol. The average molecular weight is 186 g/mol. The maximum absolute atomic E-state index is 11.3. The number of carbonyl (C=O) groups is 1. The van der Waals surface area contributed by atoms with E-state index in [9.17, 15) is 4.79 Å². The zero-order valence-corrected chi connectivity index (χ0v) is 7.91. The van der Waals surface area contributed by atoms with Crippen LogP contribution in [0.15, 0.2) is 0 Å². The lowest BCUT2D eigenvalue weighted by molar-refractivity contribution is -0.284. The second kappa shape index (κ2) is 2.96. The van der Waals surface area contributed by atoms with Gasteiger partial charge in [0.2, 0.25) is 6.29 Å². The molecule has 0 radical (unpaired) electrons. The van der Waals surface area contributed by atoms with Crippen LogP contribution < -0.4 is 0 Å². The Morgan fingerprint density at radius 3 is 3.00 bits per heavy atom. The zero-order valence-electron chi connectivity index (χ0n) is 7.91. The summed E-state index contributed by atoms with van der Waals surface area (Å²) in [5, 5.41) is 0. The molecule has 2 aliphatic rings. The molecular weight excluding hydrogens is 172 g/mol. The summed E-state index contributed by atoms with van der Waals surface area (Å²) in [6.45, 7) is 4.10. The molecule has 2 heterocycles. The molecule has 0 amide bonds. The lowest BCUT2D eigenvalue weighted by atomic mass is 10.0. The van der Waals surface area contributed by atoms with Crippen molar-refractivity contribution < 1.29 is 19.0 Å². The van der Waals surface area contributed by atoms with Gasteiger partial charge >= 0.3 is 5.97 Å². The molecule has 0 aromatic heterocycles. The fourth-order valence-electron chi connectivity index (χ4n) is 1.63. The van der Waals surface area contributed by atoms with Crippen LogP contribution in [0.25, 0.3) is 0 Å². The van der Waals surface area contributed by atoms with Crippen molar-refractivity contribution in [2.24, 2.45) is 0 Å². The van der Waals surface area contributed by atoms with Gasteiger partial charge < -0.3 is 14.2 Å². The molecule has 2 atom stereocenters. The highest BCUT2D eigenvalue weighted by atomic mass is 16.7. The van der Waals surface area contributed by atoms with Crippen LogP contribution in [0.1, 0.15) is 26.7 Å². The normalized spacial score (nSPS) is 37.8. The Labute approximate surface area is 77.1 Å². The fourth-order valence-corrected chi connectivity index (χ4v) is 1.63. The van der Waals surface area contributed by atoms with Gasteiger partial charge in [-0.3, -0.25) is 0 Å². The van der Waals surface area contributed by atoms with Crippen molar-refractivity contribution >= 4 is 5.97 Å². The van der Waals surface area contributed by atoms with E-state index in [1.54, 1.807) is 13.8 Å². The highest BCUT2D eigenvalue weighted by Crippen LogP contribution is 2.29. The van der Waals surface area contributed by atoms with Gasteiger partial charge in [0.15, 0.2) is 5.60 Å². The molecule has 0 spiro atoms. The Morgan fingerprint density at radius 1 is 1.46 bits per heavy atom. The first-order valence-corrected chi connectivity index (χ1v) is 4.60. The van der Waals surface area contributed by atoms with Gasteiger partial charge in [-0.2, -0.15) is 0 Å². The highest BCUT2D eigenvalue weighted by Gasteiger charge is 2.45. The van der Waals surface area contributed by atoms with Gasteiger partial charge in [-0.05, 0) is 26.7 Å². The van der Waals surface area contributed by atoms with Gasteiger partial charge in [-0.1, -0.05) is 0 Å². The Balaban J connectivity index is 2.10. The van der Waals surface area contributed by atoms with Crippen LogP contribution in [-0.2, 0) is 19.0 Å². The minimum absolute atomic E-state index is 0.0820. The number of hydrogen-bond acceptors (Lipinski definition) is 4. The summed E-state index contributed by atoms with van der Waals surface area (Å²) in [4.78, 5) is 11.3. The summed E-state index contributed by atoms with van der Waals surface area (Å²) in [5.41, 5.74) is -0.818. The molecule has 0 aliphatic carbocycles. The van der Waals surface area contributed by atoms with Gasteiger partial charge in [0.1, 0.15) is 6.10 Å². The van der Waals surface area contributed by atoms with Crippen LogP contribution in [0.2, 0.25) is 0 Å². The number of ether oxygens (including phenoxy) is 3. The Bertz CT molecular complexity index is 224. The maximum Gasteiger partial charge on any atom is 0.340 e. The van der Waals surface area contributed by atoms with Gasteiger partial charge in [0, 0.05) is 0 Å². The largest absolute Gasteiger partial charge is 0.431 e. The molecule has 0 unspecified atom stereocenters. The van der Waals surface area contributed by atoms with Crippen LogP contribution in [0.3, 0.4) is 0 Å². The lowest BCUT2D eigenvalue weighted by Gasteiger charge is -2.41. The van der Waals surface area contributed by atoms with E-state index >= 15 is 0 Å². The van der Waals surface area contributed by atoms with E-state index in [0.717, 1.165) is 12.8 Å². The number of hydrogen-bond donors (Lipinski definition) is 0. The van der Waals surface area contributed by atoms with E-state index in [0.29, 0.717) is 6.61 Å². The topological polar surface area (TPSA) is 44.8 Å². The van der Waals surface area contributed by atoms with Crippen molar-refractivity contribution in [3.05, 3.63) is 0 Å². The fraction of sp³-hybridized carbons (Fsp3) is 0.889. The summed E-state index contributed by atoms with van der Waals surface area (Å²) in [6.07, 6.45) is 1.31. The van der Waals surface area contributed by atoms with Crippen molar-refractivity contribution in [1.29, 1.82) is 0 Å². The lowest BCUT2D eigenvalue weighted by Crippen LogP contribution is -2.54. The molecule has 2 fully saturated rings. The maximum atomic E-state index is 11.3. The van der Waals surface area contributed by atoms with E-state index in [-0.39, 0.29) is 12.1 Å². The first-order chi connectivity index (χ1) is 6.09. The summed E-state index contributed by atoms with van der Waals surface area (Å²) < 4.78 is 16.0. The van der Waals surface area contributed by atoms with Crippen molar-refractivity contribution in [2.75, 3.05) is 6.61 Å². The molecule has 2 saturated heterocycles. The van der Waals surface area contributed by atoms with Crippen LogP contribution in [0, 0.1) is 0 Å². The molecule has 4 nitrogen and oxygen atoms in total. The standard InChI is InChI=1S/C9H14O4/c1-9(2)8(10)12-7-6(13-9)4-3-5-11-7/h6-7H,3-5H2,1-2H3/t6-,7-/m0/s1. The van der Waals surface area contributed by atoms with Crippen LogP contribution in [0.4, 0.5) is 0 Å². The van der Waals surface area contributed by atoms with E-state index in [2.05, 4.69) is 0 Å². The van der Waals surface area contributed by atoms with E-state index < -0.39 is 11.9 Å². The molecule has 0 aromatic rings. The first kappa shape index (κ1) is 8.97. The van der Waals surface area contributed by atoms with Gasteiger partial charge in [0.25, 0.3) is 0 Å². The highest BCUT2D eigenvalue weighted by molar-refractivity contribution is 5.79. The summed E-state index contributed by atoms with van der Waals surface area (Å²) in [5.74, 6) is -0.337. The third-order valence-corrected chi connectivity index (χ3v) is 2.38. The minimum Gasteiger partial charge on any atom is -0.431 e. The summed E-state index contributed by atoms with van der Waals surface area (Å²) in [7, 11) is 0. The number of carbonyl (C=O) groups excluding carboxylic acids is 1. The van der Waals surface area contributed by atoms with Gasteiger partial charge in [-0.15, -0.1) is 0 Å². The van der Waals surface area contributed by atoms with Crippen molar-refractivity contribution in [2.45, 2.75) is 44.7 Å². The number of esters is 1. The van der Waals surface area contributed by atoms with E-state index in [4.69, 9.17) is 14.2 Å². The minimum atomic E-state index is -0.818.